The molecule has 1 N–H and O–H groups in total. The summed E-state index contributed by atoms with van der Waals surface area (Å²) in [6, 6.07) is 10.4. The fourth-order valence-electron chi connectivity index (χ4n) is 1.74. The molecule has 1 unspecified atom stereocenters. The summed E-state index contributed by atoms with van der Waals surface area (Å²) < 4.78 is 39.0. The molecule has 21 heavy (non-hydrogen) atoms. The van der Waals surface area contributed by atoms with Gasteiger partial charge in [-0.2, -0.15) is 5.26 Å². The minimum atomic E-state index is -1.65. The van der Waals surface area contributed by atoms with Gasteiger partial charge >= 0.3 is 0 Å². The summed E-state index contributed by atoms with van der Waals surface area (Å²) in [6.45, 7) is 0. The number of nitrogens with zero attached hydrogens (tertiary/aromatic N) is 1. The third-order valence-electron chi connectivity index (χ3n) is 2.78. The summed E-state index contributed by atoms with van der Waals surface area (Å²) in [6.07, 6.45) is 0. The molecule has 0 fully saturated rings. The lowest BCUT2D eigenvalue weighted by Gasteiger charge is -2.12. The van der Waals surface area contributed by atoms with E-state index in [0.29, 0.717) is 17.7 Å². The van der Waals surface area contributed by atoms with Crippen LogP contribution in [0.15, 0.2) is 42.5 Å². The quantitative estimate of drug-likeness (QED) is 0.883. The van der Waals surface area contributed by atoms with E-state index >= 15 is 0 Å². The number of benzene rings is 2. The molecule has 1 atom stereocenters. The Morgan fingerprint density at radius 2 is 1.67 bits per heavy atom. The van der Waals surface area contributed by atoms with Gasteiger partial charge in [0.1, 0.15) is 6.04 Å². The van der Waals surface area contributed by atoms with Crippen LogP contribution in [0.3, 0.4) is 0 Å². The molecule has 0 bridgehead atoms. The highest BCUT2D eigenvalue weighted by atomic mass is 19.2. The summed E-state index contributed by atoms with van der Waals surface area (Å²) in [4.78, 5) is 11.9. The van der Waals surface area contributed by atoms with Gasteiger partial charge in [-0.3, -0.25) is 4.79 Å². The van der Waals surface area contributed by atoms with Gasteiger partial charge in [-0.25, -0.2) is 13.2 Å². The molecule has 0 spiro atoms. The smallest absolute Gasteiger partial charge is 0.252 e. The average molecular weight is 290 g/mol. The van der Waals surface area contributed by atoms with Crippen molar-refractivity contribution in [2.24, 2.45) is 0 Å². The Kier molecular flexibility index (Phi) is 4.24. The van der Waals surface area contributed by atoms with E-state index in [0.717, 1.165) is 0 Å². The molecule has 0 radical (unpaired) electrons. The second kappa shape index (κ2) is 6.09. The van der Waals surface area contributed by atoms with E-state index in [1.54, 1.807) is 30.3 Å². The van der Waals surface area contributed by atoms with Crippen LogP contribution in [-0.2, 0) is 0 Å². The van der Waals surface area contributed by atoms with Crippen LogP contribution in [0.25, 0.3) is 0 Å². The highest BCUT2D eigenvalue weighted by Gasteiger charge is 2.18. The van der Waals surface area contributed by atoms with Crippen molar-refractivity contribution >= 4 is 5.91 Å². The van der Waals surface area contributed by atoms with E-state index in [2.05, 4.69) is 5.32 Å². The molecule has 1 amide bonds. The van der Waals surface area contributed by atoms with E-state index in [-0.39, 0.29) is 0 Å². The van der Waals surface area contributed by atoms with Crippen molar-refractivity contribution in [3.05, 3.63) is 71.0 Å². The maximum absolute atomic E-state index is 13.1. The molecule has 0 saturated carbocycles. The molecule has 2 rings (SSSR count). The highest BCUT2D eigenvalue weighted by molar-refractivity contribution is 5.94. The normalized spacial score (nSPS) is 11.5. The van der Waals surface area contributed by atoms with Gasteiger partial charge in [-0.15, -0.1) is 0 Å². The average Bonchev–Trinajstić information content (AvgIpc) is 2.50. The Balaban J connectivity index is 2.23. The second-order valence-electron chi connectivity index (χ2n) is 4.20. The van der Waals surface area contributed by atoms with E-state index in [9.17, 15) is 18.0 Å². The van der Waals surface area contributed by atoms with E-state index in [1.165, 1.54) is 0 Å². The predicted octanol–water partition coefficient (Wildman–Crippen LogP) is 3.10. The third kappa shape index (κ3) is 3.20. The molecule has 0 aromatic heterocycles. The second-order valence-corrected chi connectivity index (χ2v) is 4.20. The first-order valence-electron chi connectivity index (χ1n) is 5.93. The summed E-state index contributed by atoms with van der Waals surface area (Å²) >= 11 is 0. The number of rotatable bonds is 3. The van der Waals surface area contributed by atoms with E-state index in [1.807, 2.05) is 6.07 Å². The van der Waals surface area contributed by atoms with Crippen molar-refractivity contribution in [2.45, 2.75) is 6.04 Å². The van der Waals surface area contributed by atoms with Gasteiger partial charge in [0.25, 0.3) is 5.91 Å². The number of hydrogen-bond acceptors (Lipinski definition) is 2. The van der Waals surface area contributed by atoms with Crippen LogP contribution in [0, 0.1) is 28.8 Å². The van der Waals surface area contributed by atoms with Crippen LogP contribution < -0.4 is 5.32 Å². The zero-order valence-corrected chi connectivity index (χ0v) is 10.6. The summed E-state index contributed by atoms with van der Waals surface area (Å²) in [5.41, 5.74) is 0.124. The summed E-state index contributed by atoms with van der Waals surface area (Å²) in [7, 11) is 0. The van der Waals surface area contributed by atoms with Crippen LogP contribution in [-0.4, -0.2) is 5.91 Å². The molecule has 106 valence electrons. The lowest BCUT2D eigenvalue weighted by Crippen LogP contribution is -2.27. The highest BCUT2D eigenvalue weighted by Crippen LogP contribution is 2.16. The van der Waals surface area contributed by atoms with Crippen LogP contribution in [0.5, 0.6) is 0 Å². The first kappa shape index (κ1) is 14.6. The van der Waals surface area contributed by atoms with Gasteiger partial charge in [0.2, 0.25) is 0 Å². The maximum atomic E-state index is 13.1. The van der Waals surface area contributed by atoms with Gasteiger partial charge in [0, 0.05) is 5.56 Å². The molecule has 0 aliphatic heterocycles. The Hall–Kier alpha value is -2.81. The largest absolute Gasteiger partial charge is 0.332 e. The minimum absolute atomic E-state index is 0.400. The Morgan fingerprint density at radius 1 is 1.10 bits per heavy atom. The Bertz CT molecular complexity index is 688. The molecule has 0 aliphatic rings. The topological polar surface area (TPSA) is 52.9 Å². The van der Waals surface area contributed by atoms with Gasteiger partial charge in [-0.05, 0) is 17.7 Å². The SMILES string of the molecule is N#CC(NC(=O)c1cc(F)c(F)c(F)c1)c1ccccc1. The number of halogens is 3. The lowest BCUT2D eigenvalue weighted by molar-refractivity contribution is 0.0944. The van der Waals surface area contributed by atoms with E-state index < -0.39 is 35.0 Å². The van der Waals surface area contributed by atoms with Gasteiger partial charge in [-0.1, -0.05) is 30.3 Å². The molecular formula is C15H9F3N2O. The fourth-order valence-corrected chi connectivity index (χ4v) is 1.74. The summed E-state index contributed by atoms with van der Waals surface area (Å²) in [5, 5.41) is 11.4. The monoisotopic (exact) mass is 290 g/mol. The predicted molar refractivity (Wildman–Crippen MR) is 68.6 cm³/mol. The van der Waals surface area contributed by atoms with Crippen LogP contribution in [0.1, 0.15) is 22.0 Å². The Morgan fingerprint density at radius 3 is 2.19 bits per heavy atom. The van der Waals surface area contributed by atoms with Crippen LogP contribution in [0.2, 0.25) is 0 Å². The Labute approximate surface area is 118 Å². The lowest BCUT2D eigenvalue weighted by atomic mass is 10.1. The van der Waals surface area contributed by atoms with Gasteiger partial charge < -0.3 is 5.32 Å². The number of nitrogens with one attached hydrogen (secondary N) is 1. The van der Waals surface area contributed by atoms with Crippen molar-refractivity contribution < 1.29 is 18.0 Å². The minimum Gasteiger partial charge on any atom is -0.332 e. The molecule has 0 aliphatic carbocycles. The van der Waals surface area contributed by atoms with E-state index in [4.69, 9.17) is 5.26 Å². The maximum Gasteiger partial charge on any atom is 0.252 e. The molecular weight excluding hydrogens is 281 g/mol. The van der Waals surface area contributed by atoms with Crippen LogP contribution in [0.4, 0.5) is 13.2 Å². The number of nitriles is 1. The molecule has 2 aromatic carbocycles. The number of carbonyl (C=O) groups excluding carboxylic acids is 1. The zero-order valence-electron chi connectivity index (χ0n) is 10.6. The molecule has 0 heterocycles. The van der Waals surface area contributed by atoms with Crippen molar-refractivity contribution in [1.82, 2.24) is 5.32 Å². The molecule has 6 heteroatoms. The zero-order chi connectivity index (χ0) is 15.4. The molecule has 2 aromatic rings. The first-order chi connectivity index (χ1) is 10.0. The van der Waals surface area contributed by atoms with Crippen LogP contribution >= 0.6 is 0 Å². The van der Waals surface area contributed by atoms with Gasteiger partial charge in [0.05, 0.1) is 6.07 Å². The van der Waals surface area contributed by atoms with Gasteiger partial charge in [0.15, 0.2) is 17.5 Å². The van der Waals surface area contributed by atoms with Crippen molar-refractivity contribution in [2.75, 3.05) is 0 Å². The molecule has 3 nitrogen and oxygen atoms in total. The number of hydrogen-bond donors (Lipinski definition) is 1. The number of amides is 1. The van der Waals surface area contributed by atoms with Crippen molar-refractivity contribution in [3.63, 3.8) is 0 Å². The summed E-state index contributed by atoms with van der Waals surface area (Å²) in [5.74, 6) is -5.45. The van der Waals surface area contributed by atoms with Crippen molar-refractivity contribution in [1.29, 1.82) is 5.26 Å². The molecule has 0 saturated heterocycles. The standard InChI is InChI=1S/C15H9F3N2O/c16-11-6-10(7-12(17)14(11)18)15(21)20-13(8-19)9-4-2-1-3-5-9/h1-7,13H,(H,20,21). The first-order valence-corrected chi connectivity index (χ1v) is 5.93. The third-order valence-corrected chi connectivity index (χ3v) is 2.78. The fraction of sp³-hybridized carbons (Fsp3) is 0.0667. The number of carbonyl (C=O) groups is 1. The van der Waals surface area contributed by atoms with Crippen molar-refractivity contribution in [3.8, 4) is 6.07 Å².